The van der Waals surface area contributed by atoms with E-state index in [2.05, 4.69) is 5.32 Å². The van der Waals surface area contributed by atoms with Crippen molar-refractivity contribution in [3.63, 3.8) is 0 Å². The lowest BCUT2D eigenvalue weighted by molar-refractivity contribution is -0.129. The van der Waals surface area contributed by atoms with Crippen molar-refractivity contribution in [3.8, 4) is 0 Å². The van der Waals surface area contributed by atoms with Gasteiger partial charge in [-0.2, -0.15) is 0 Å². The second kappa shape index (κ2) is 7.62. The maximum atomic E-state index is 12.4. The zero-order chi connectivity index (χ0) is 18.7. The van der Waals surface area contributed by atoms with E-state index < -0.39 is 18.0 Å². The largest absolute Gasteiger partial charge is 0.449 e. The van der Waals surface area contributed by atoms with Crippen molar-refractivity contribution in [2.45, 2.75) is 26.5 Å². The topological polar surface area (TPSA) is 68.5 Å². The first kappa shape index (κ1) is 18.0. The maximum Gasteiger partial charge on any atom is 0.375 e. The number of fused-ring (bicyclic) bond motifs is 1. The van der Waals surface area contributed by atoms with Crippen LogP contribution in [0.15, 0.2) is 52.9 Å². The van der Waals surface area contributed by atoms with Crippen LogP contribution in [0.4, 0.5) is 0 Å². The van der Waals surface area contributed by atoms with Gasteiger partial charge in [-0.15, -0.1) is 0 Å². The number of aryl methyl sites for hydroxylation is 1. The van der Waals surface area contributed by atoms with Crippen molar-refractivity contribution < 1.29 is 18.7 Å². The van der Waals surface area contributed by atoms with Gasteiger partial charge in [0.15, 0.2) is 6.10 Å². The molecule has 0 aliphatic heterocycles. The third kappa shape index (κ3) is 3.73. The highest BCUT2D eigenvalue weighted by atomic mass is 35.5. The number of halogens is 1. The Kier molecular flexibility index (Phi) is 5.28. The number of hydrogen-bond donors (Lipinski definition) is 1. The fraction of sp³-hybridized carbons (Fsp3) is 0.200. The average Bonchev–Trinajstić information content (AvgIpc) is 2.98. The second-order valence-electron chi connectivity index (χ2n) is 5.91. The Morgan fingerprint density at radius 1 is 1.15 bits per heavy atom. The minimum atomic E-state index is -0.961. The van der Waals surface area contributed by atoms with Crippen molar-refractivity contribution >= 4 is 34.4 Å². The summed E-state index contributed by atoms with van der Waals surface area (Å²) < 4.78 is 10.8. The molecule has 0 unspecified atom stereocenters. The highest BCUT2D eigenvalue weighted by Crippen LogP contribution is 2.25. The highest BCUT2D eigenvalue weighted by Gasteiger charge is 2.24. The summed E-state index contributed by atoms with van der Waals surface area (Å²) in [6.07, 6.45) is -0.961. The minimum absolute atomic E-state index is 0.108. The van der Waals surface area contributed by atoms with Crippen LogP contribution in [0.1, 0.15) is 28.6 Å². The zero-order valence-electron chi connectivity index (χ0n) is 14.4. The molecule has 3 rings (SSSR count). The molecule has 134 valence electrons. The third-order valence-corrected chi connectivity index (χ3v) is 4.46. The van der Waals surface area contributed by atoms with Crippen molar-refractivity contribution in [3.05, 3.63) is 70.4 Å². The lowest BCUT2D eigenvalue weighted by atomic mass is 10.1. The fourth-order valence-electron chi connectivity index (χ4n) is 2.60. The molecular weight excluding hydrogens is 354 g/mol. The standard InChI is InChI=1S/C20H18ClNO4/c1-12-15-8-4-6-10-17(15)26-18(12)20(24)25-13(2)19(23)22-11-14-7-3-5-9-16(14)21/h3-10,13H,11H2,1-2H3,(H,22,23)/t13-/m1/s1. The number of para-hydroxylation sites is 1. The van der Waals surface area contributed by atoms with E-state index in [9.17, 15) is 9.59 Å². The van der Waals surface area contributed by atoms with Gasteiger partial charge in [-0.05, 0) is 31.5 Å². The molecule has 0 fully saturated rings. The Morgan fingerprint density at radius 2 is 1.85 bits per heavy atom. The van der Waals surface area contributed by atoms with Gasteiger partial charge in [-0.25, -0.2) is 4.79 Å². The van der Waals surface area contributed by atoms with Crippen LogP contribution in [-0.4, -0.2) is 18.0 Å². The van der Waals surface area contributed by atoms with E-state index in [4.69, 9.17) is 20.8 Å². The number of nitrogens with one attached hydrogen (secondary N) is 1. The van der Waals surface area contributed by atoms with Gasteiger partial charge in [0.25, 0.3) is 5.91 Å². The summed E-state index contributed by atoms with van der Waals surface area (Å²) in [7, 11) is 0. The van der Waals surface area contributed by atoms with Crippen molar-refractivity contribution in [2.24, 2.45) is 0 Å². The van der Waals surface area contributed by atoms with Crippen LogP contribution >= 0.6 is 11.6 Å². The van der Waals surface area contributed by atoms with Gasteiger partial charge < -0.3 is 14.5 Å². The Labute approximate surface area is 155 Å². The van der Waals surface area contributed by atoms with Gasteiger partial charge >= 0.3 is 5.97 Å². The molecule has 6 heteroatoms. The SMILES string of the molecule is Cc1c(C(=O)O[C@H](C)C(=O)NCc2ccccc2Cl)oc2ccccc12. The molecule has 3 aromatic rings. The molecule has 26 heavy (non-hydrogen) atoms. The molecule has 0 aliphatic rings. The van der Waals surface area contributed by atoms with E-state index in [0.717, 1.165) is 10.9 Å². The number of carbonyl (C=O) groups is 2. The highest BCUT2D eigenvalue weighted by molar-refractivity contribution is 6.31. The van der Waals surface area contributed by atoms with Crippen LogP contribution in [-0.2, 0) is 16.1 Å². The number of amides is 1. The summed E-state index contributed by atoms with van der Waals surface area (Å²) in [6, 6.07) is 14.5. The van der Waals surface area contributed by atoms with Crippen LogP contribution in [0.2, 0.25) is 5.02 Å². The van der Waals surface area contributed by atoms with E-state index in [1.807, 2.05) is 36.4 Å². The molecule has 1 amide bonds. The van der Waals surface area contributed by atoms with Crippen molar-refractivity contribution in [1.29, 1.82) is 0 Å². The number of ether oxygens (including phenoxy) is 1. The minimum Gasteiger partial charge on any atom is -0.449 e. The lowest BCUT2D eigenvalue weighted by Gasteiger charge is -2.13. The molecule has 2 aromatic carbocycles. The van der Waals surface area contributed by atoms with Crippen LogP contribution in [0.25, 0.3) is 11.0 Å². The molecule has 1 atom stereocenters. The van der Waals surface area contributed by atoms with E-state index in [1.165, 1.54) is 6.92 Å². The van der Waals surface area contributed by atoms with Gasteiger partial charge in [0, 0.05) is 22.5 Å². The summed E-state index contributed by atoms with van der Waals surface area (Å²) >= 11 is 6.06. The number of esters is 1. The van der Waals surface area contributed by atoms with E-state index in [1.54, 1.807) is 19.1 Å². The van der Waals surface area contributed by atoms with Crippen molar-refractivity contribution in [2.75, 3.05) is 0 Å². The first-order chi connectivity index (χ1) is 12.5. The van der Waals surface area contributed by atoms with E-state index in [0.29, 0.717) is 16.2 Å². The molecule has 0 saturated heterocycles. The molecule has 0 spiro atoms. The summed E-state index contributed by atoms with van der Waals surface area (Å²) in [4.78, 5) is 24.6. The lowest BCUT2D eigenvalue weighted by Crippen LogP contribution is -2.35. The third-order valence-electron chi connectivity index (χ3n) is 4.09. The number of carbonyl (C=O) groups excluding carboxylic acids is 2. The number of benzene rings is 2. The van der Waals surface area contributed by atoms with Crippen LogP contribution in [0, 0.1) is 6.92 Å². The quantitative estimate of drug-likeness (QED) is 0.680. The summed E-state index contributed by atoms with van der Waals surface area (Å²) in [5.74, 6) is -0.969. The Bertz CT molecular complexity index is 963. The number of hydrogen-bond acceptors (Lipinski definition) is 4. The molecule has 1 heterocycles. The second-order valence-corrected chi connectivity index (χ2v) is 6.32. The van der Waals surface area contributed by atoms with Gasteiger partial charge in [0.2, 0.25) is 5.76 Å². The fourth-order valence-corrected chi connectivity index (χ4v) is 2.81. The smallest absolute Gasteiger partial charge is 0.375 e. The van der Waals surface area contributed by atoms with Crippen LogP contribution in [0.3, 0.4) is 0 Å². The van der Waals surface area contributed by atoms with Gasteiger partial charge in [0.1, 0.15) is 5.58 Å². The maximum absolute atomic E-state index is 12.4. The van der Waals surface area contributed by atoms with Crippen LogP contribution in [0.5, 0.6) is 0 Å². The van der Waals surface area contributed by atoms with Gasteiger partial charge in [0.05, 0.1) is 0 Å². The van der Waals surface area contributed by atoms with Crippen molar-refractivity contribution in [1.82, 2.24) is 5.32 Å². The number of rotatable bonds is 5. The molecular formula is C20H18ClNO4. The first-order valence-corrected chi connectivity index (χ1v) is 8.55. The molecule has 1 aromatic heterocycles. The van der Waals surface area contributed by atoms with E-state index >= 15 is 0 Å². The predicted octanol–water partition coefficient (Wildman–Crippen LogP) is 4.26. The summed E-state index contributed by atoms with van der Waals surface area (Å²) in [6.45, 7) is 3.55. The molecule has 5 nitrogen and oxygen atoms in total. The Hall–Kier alpha value is -2.79. The average molecular weight is 372 g/mol. The Balaban J connectivity index is 1.64. The zero-order valence-corrected chi connectivity index (χ0v) is 15.2. The van der Waals surface area contributed by atoms with Gasteiger partial charge in [-0.1, -0.05) is 48.0 Å². The monoisotopic (exact) mass is 371 g/mol. The predicted molar refractivity (Wildman–Crippen MR) is 99.1 cm³/mol. The molecule has 0 saturated carbocycles. The molecule has 0 bridgehead atoms. The Morgan fingerprint density at radius 3 is 2.58 bits per heavy atom. The molecule has 1 N–H and O–H groups in total. The van der Waals surface area contributed by atoms with E-state index in [-0.39, 0.29) is 12.3 Å². The first-order valence-electron chi connectivity index (χ1n) is 8.17. The molecule has 0 radical (unpaired) electrons. The normalized spacial score (nSPS) is 12.0. The summed E-state index contributed by atoms with van der Waals surface area (Å²) in [5, 5.41) is 4.11. The van der Waals surface area contributed by atoms with Crippen LogP contribution < -0.4 is 5.32 Å². The molecule has 0 aliphatic carbocycles. The number of furan rings is 1. The van der Waals surface area contributed by atoms with Gasteiger partial charge in [-0.3, -0.25) is 4.79 Å². The summed E-state index contributed by atoms with van der Waals surface area (Å²) in [5.41, 5.74) is 2.08.